The summed E-state index contributed by atoms with van der Waals surface area (Å²) in [5, 5.41) is 0. The van der Waals surface area contributed by atoms with Gasteiger partial charge in [-0.1, -0.05) is 48.5 Å². The molecule has 2 nitrogen and oxygen atoms in total. The maximum absolute atomic E-state index is 4.47. The second-order valence-electron chi connectivity index (χ2n) is 4.41. The van der Waals surface area contributed by atoms with Gasteiger partial charge in [-0.05, 0) is 24.8 Å². The van der Waals surface area contributed by atoms with Crippen LogP contribution in [0.1, 0.15) is 61.8 Å². The fourth-order valence-electron chi connectivity index (χ4n) is 1.24. The van der Waals surface area contributed by atoms with Crippen LogP contribution in [0, 0.1) is 11.3 Å². The monoisotopic (exact) mass is 252 g/mol. The molecule has 0 aliphatic carbocycles. The SMILES string of the molecule is CC.CC.CCC1=CN=CC(C)(C(C)C)C=NC1. The van der Waals surface area contributed by atoms with Crippen LogP contribution in [0.15, 0.2) is 21.8 Å². The van der Waals surface area contributed by atoms with E-state index in [1.54, 1.807) is 0 Å². The van der Waals surface area contributed by atoms with Crippen LogP contribution in [0.4, 0.5) is 0 Å². The van der Waals surface area contributed by atoms with Crippen molar-refractivity contribution in [2.75, 3.05) is 6.54 Å². The average molecular weight is 252 g/mol. The third-order valence-electron chi connectivity index (χ3n) is 2.97. The molecule has 0 aromatic heterocycles. The van der Waals surface area contributed by atoms with Crippen LogP contribution >= 0.6 is 0 Å². The van der Waals surface area contributed by atoms with Crippen LogP contribution in [0.5, 0.6) is 0 Å². The predicted octanol–water partition coefficient (Wildman–Crippen LogP) is 5.15. The standard InChI is InChI=1S/C12H20N2.2C2H6/c1-5-11-6-13-8-12(4,10(2)3)9-14-7-11;2*1-2/h6,8-10H,5,7H2,1-4H3;2*1-2H3. The van der Waals surface area contributed by atoms with E-state index in [2.05, 4.69) is 37.7 Å². The third-order valence-corrected chi connectivity index (χ3v) is 2.97. The summed E-state index contributed by atoms with van der Waals surface area (Å²) in [5.41, 5.74) is 1.30. The van der Waals surface area contributed by atoms with E-state index < -0.39 is 0 Å². The largest absolute Gasteiger partial charge is 0.292 e. The molecule has 1 aliphatic rings. The number of hydrogen-bond acceptors (Lipinski definition) is 2. The Hall–Kier alpha value is -0.920. The van der Waals surface area contributed by atoms with Gasteiger partial charge in [0.15, 0.2) is 0 Å². The van der Waals surface area contributed by atoms with Crippen molar-refractivity contribution in [3.63, 3.8) is 0 Å². The van der Waals surface area contributed by atoms with Crippen molar-refractivity contribution in [1.82, 2.24) is 0 Å². The van der Waals surface area contributed by atoms with Crippen molar-refractivity contribution < 1.29 is 0 Å². The lowest BCUT2D eigenvalue weighted by molar-refractivity contribution is 0.462. The van der Waals surface area contributed by atoms with Crippen LogP contribution in [0.3, 0.4) is 0 Å². The number of rotatable bonds is 2. The first-order valence-electron chi connectivity index (χ1n) is 7.31. The minimum atomic E-state index is 0.00969. The summed E-state index contributed by atoms with van der Waals surface area (Å²) < 4.78 is 0. The van der Waals surface area contributed by atoms with Gasteiger partial charge >= 0.3 is 0 Å². The molecule has 0 aromatic rings. The van der Waals surface area contributed by atoms with Gasteiger partial charge in [0.05, 0.1) is 6.54 Å². The van der Waals surface area contributed by atoms with Crippen LogP contribution in [0.2, 0.25) is 0 Å². The van der Waals surface area contributed by atoms with Gasteiger partial charge < -0.3 is 0 Å². The van der Waals surface area contributed by atoms with Gasteiger partial charge in [0.1, 0.15) is 0 Å². The molecule has 0 radical (unpaired) electrons. The van der Waals surface area contributed by atoms with Gasteiger partial charge in [0.2, 0.25) is 0 Å². The highest BCUT2D eigenvalue weighted by Crippen LogP contribution is 2.23. The Labute approximate surface area is 114 Å². The van der Waals surface area contributed by atoms with Crippen molar-refractivity contribution in [2.24, 2.45) is 21.3 Å². The highest BCUT2D eigenvalue weighted by molar-refractivity contribution is 5.89. The van der Waals surface area contributed by atoms with E-state index in [1.165, 1.54) is 5.57 Å². The summed E-state index contributed by atoms with van der Waals surface area (Å²) in [4.78, 5) is 8.85. The van der Waals surface area contributed by atoms with Crippen LogP contribution < -0.4 is 0 Å². The fraction of sp³-hybridized carbons (Fsp3) is 0.750. The maximum atomic E-state index is 4.47. The molecular weight excluding hydrogens is 220 g/mol. The van der Waals surface area contributed by atoms with E-state index in [0.29, 0.717) is 5.92 Å². The Morgan fingerprint density at radius 2 is 1.72 bits per heavy atom. The molecule has 0 spiro atoms. The normalized spacial score (nSPS) is 21.9. The number of nitrogens with zero attached hydrogens (tertiary/aromatic N) is 2. The Kier molecular flexibility index (Phi) is 12.1. The molecule has 0 saturated heterocycles. The van der Waals surface area contributed by atoms with E-state index in [-0.39, 0.29) is 5.41 Å². The lowest BCUT2D eigenvalue weighted by atomic mass is 9.81. The molecule has 0 aromatic carbocycles. The van der Waals surface area contributed by atoms with E-state index >= 15 is 0 Å². The van der Waals surface area contributed by atoms with E-state index in [4.69, 9.17) is 0 Å². The molecule has 1 heterocycles. The first-order valence-corrected chi connectivity index (χ1v) is 7.31. The molecule has 106 valence electrons. The first-order chi connectivity index (χ1) is 8.58. The van der Waals surface area contributed by atoms with E-state index in [1.807, 2.05) is 46.3 Å². The Balaban J connectivity index is 0. The van der Waals surface area contributed by atoms with Crippen LogP contribution in [-0.4, -0.2) is 19.0 Å². The summed E-state index contributed by atoms with van der Waals surface area (Å²) >= 11 is 0. The fourth-order valence-corrected chi connectivity index (χ4v) is 1.24. The van der Waals surface area contributed by atoms with Gasteiger partial charge in [-0.3, -0.25) is 9.98 Å². The molecule has 1 aliphatic heterocycles. The average Bonchev–Trinajstić information content (AvgIpc) is 2.38. The van der Waals surface area contributed by atoms with E-state index in [9.17, 15) is 0 Å². The van der Waals surface area contributed by atoms with Crippen LogP contribution in [0.25, 0.3) is 0 Å². The van der Waals surface area contributed by atoms with Gasteiger partial charge in [0.25, 0.3) is 0 Å². The van der Waals surface area contributed by atoms with Gasteiger partial charge in [-0.25, -0.2) is 0 Å². The zero-order valence-corrected chi connectivity index (χ0v) is 13.6. The molecule has 1 rings (SSSR count). The van der Waals surface area contributed by atoms with E-state index in [0.717, 1.165) is 13.0 Å². The van der Waals surface area contributed by atoms with Crippen molar-refractivity contribution in [1.29, 1.82) is 0 Å². The second-order valence-corrected chi connectivity index (χ2v) is 4.41. The Morgan fingerprint density at radius 3 is 2.17 bits per heavy atom. The Morgan fingerprint density at radius 1 is 1.17 bits per heavy atom. The second kappa shape index (κ2) is 11.2. The van der Waals surface area contributed by atoms with Gasteiger partial charge in [0, 0.05) is 24.0 Å². The number of hydrogen-bond donors (Lipinski definition) is 0. The topological polar surface area (TPSA) is 24.7 Å². The molecule has 1 atom stereocenters. The molecule has 18 heavy (non-hydrogen) atoms. The predicted molar refractivity (Wildman–Crippen MR) is 85.9 cm³/mol. The van der Waals surface area contributed by atoms with Crippen molar-refractivity contribution in [3.05, 3.63) is 11.8 Å². The summed E-state index contributed by atoms with van der Waals surface area (Å²) in [5.74, 6) is 0.534. The zero-order chi connectivity index (χ0) is 14.6. The summed E-state index contributed by atoms with van der Waals surface area (Å²) in [6.07, 6.45) is 7.05. The molecular formula is C16H32N2. The minimum absolute atomic E-state index is 0.00969. The highest BCUT2D eigenvalue weighted by atomic mass is 14.8. The van der Waals surface area contributed by atoms with Gasteiger partial charge in [-0.2, -0.15) is 0 Å². The minimum Gasteiger partial charge on any atom is -0.292 e. The molecule has 0 N–H and O–H groups in total. The maximum Gasteiger partial charge on any atom is 0.0613 e. The van der Waals surface area contributed by atoms with Crippen molar-refractivity contribution >= 4 is 12.4 Å². The lowest BCUT2D eigenvalue weighted by Crippen LogP contribution is -2.27. The molecule has 2 heteroatoms. The quantitative estimate of drug-likeness (QED) is 0.649. The highest BCUT2D eigenvalue weighted by Gasteiger charge is 2.24. The van der Waals surface area contributed by atoms with Crippen molar-refractivity contribution in [3.8, 4) is 0 Å². The van der Waals surface area contributed by atoms with Crippen molar-refractivity contribution in [2.45, 2.75) is 61.8 Å². The molecule has 1 unspecified atom stereocenters. The zero-order valence-electron chi connectivity index (χ0n) is 13.6. The number of aliphatic imine (C=N–C) groups is 2. The molecule has 0 amide bonds. The summed E-state index contributed by atoms with van der Waals surface area (Å²) in [6, 6.07) is 0. The summed E-state index contributed by atoms with van der Waals surface area (Å²) in [7, 11) is 0. The lowest BCUT2D eigenvalue weighted by Gasteiger charge is -2.25. The molecule has 0 bridgehead atoms. The van der Waals surface area contributed by atoms with Gasteiger partial charge in [-0.15, -0.1) is 0 Å². The first kappa shape index (κ1) is 19.4. The smallest absolute Gasteiger partial charge is 0.0613 e. The summed E-state index contributed by atoms with van der Waals surface area (Å²) in [6.45, 7) is 17.5. The molecule has 0 fully saturated rings. The molecule has 0 saturated carbocycles. The third kappa shape index (κ3) is 6.73. The Bertz CT molecular complexity index is 275. The van der Waals surface area contributed by atoms with Crippen LogP contribution in [-0.2, 0) is 0 Å².